The van der Waals surface area contributed by atoms with Crippen LogP contribution >= 0.6 is 22.7 Å². The van der Waals surface area contributed by atoms with Crippen molar-refractivity contribution in [1.82, 2.24) is 14.2 Å². The van der Waals surface area contributed by atoms with E-state index in [0.29, 0.717) is 18.7 Å². The number of hydrogen-bond acceptors (Lipinski definition) is 7. The van der Waals surface area contributed by atoms with E-state index in [4.69, 9.17) is 4.98 Å². The third-order valence-corrected chi connectivity index (χ3v) is 12.5. The molecule has 1 fully saturated rings. The number of anilines is 1. The second kappa shape index (κ2) is 12.5. The number of benzene rings is 3. The number of nitrogens with one attached hydrogen (secondary N) is 1. The number of carbonyl (C=O) groups excluding carboxylic acids is 1. The number of para-hydroxylation sites is 1. The van der Waals surface area contributed by atoms with Gasteiger partial charge < -0.3 is 5.32 Å². The van der Waals surface area contributed by atoms with Crippen molar-refractivity contribution in [2.75, 3.05) is 25.0 Å². The zero-order valence-corrected chi connectivity index (χ0v) is 26.8. The van der Waals surface area contributed by atoms with Crippen LogP contribution in [0.15, 0.2) is 83.8 Å². The highest BCUT2D eigenvalue weighted by atomic mass is 32.2. The van der Waals surface area contributed by atoms with E-state index in [-0.39, 0.29) is 10.8 Å². The molecular formula is C34H34N4O3S3. The second-order valence-corrected chi connectivity index (χ2v) is 15.5. The van der Waals surface area contributed by atoms with Crippen molar-refractivity contribution in [3.05, 3.63) is 100 Å². The van der Waals surface area contributed by atoms with Crippen LogP contribution in [0.1, 0.15) is 52.0 Å². The fourth-order valence-electron chi connectivity index (χ4n) is 6.11. The molecule has 44 heavy (non-hydrogen) atoms. The highest BCUT2D eigenvalue weighted by Crippen LogP contribution is 2.46. The Morgan fingerprint density at radius 1 is 0.841 bits per heavy atom. The number of thiophene rings is 1. The lowest BCUT2D eigenvalue weighted by Gasteiger charge is -2.27. The van der Waals surface area contributed by atoms with Crippen molar-refractivity contribution < 1.29 is 13.2 Å². The van der Waals surface area contributed by atoms with E-state index in [2.05, 4.69) is 40.5 Å². The first-order chi connectivity index (χ1) is 21.5. The molecule has 5 aromatic rings. The average Bonchev–Trinajstić information content (AvgIpc) is 3.49. The summed E-state index contributed by atoms with van der Waals surface area (Å²) in [5, 5.41) is 4.89. The number of thiazole rings is 1. The molecule has 1 N–H and O–H groups in total. The number of carbonyl (C=O) groups is 1. The Balaban J connectivity index is 1.17. The lowest BCUT2D eigenvalue weighted by molar-refractivity contribution is 0.102. The number of aromatic nitrogens is 1. The van der Waals surface area contributed by atoms with Crippen molar-refractivity contribution in [3.8, 4) is 10.6 Å². The lowest BCUT2D eigenvalue weighted by Crippen LogP contribution is -2.31. The Kier molecular flexibility index (Phi) is 8.35. The molecule has 0 radical (unpaired) electrons. The molecule has 0 unspecified atom stereocenters. The smallest absolute Gasteiger partial charge is 0.256 e. The fraction of sp³-hybridized carbons (Fsp3) is 0.294. The van der Waals surface area contributed by atoms with Crippen LogP contribution in [0.25, 0.3) is 20.8 Å². The van der Waals surface area contributed by atoms with Crippen molar-refractivity contribution in [1.29, 1.82) is 0 Å². The predicted octanol–water partition coefficient (Wildman–Crippen LogP) is 7.40. The van der Waals surface area contributed by atoms with Gasteiger partial charge in [-0.05, 0) is 66.8 Å². The summed E-state index contributed by atoms with van der Waals surface area (Å²) in [6.45, 7) is 3.71. The number of nitrogens with zero attached hydrogens (tertiary/aromatic N) is 3. The number of sulfonamides is 1. The van der Waals surface area contributed by atoms with Gasteiger partial charge in [-0.2, -0.15) is 4.31 Å². The van der Waals surface area contributed by atoms with Gasteiger partial charge in [0.1, 0.15) is 10.0 Å². The van der Waals surface area contributed by atoms with Crippen LogP contribution < -0.4 is 5.32 Å². The van der Waals surface area contributed by atoms with E-state index in [0.717, 1.165) is 77.5 Å². The normalized spacial score (nSPS) is 16.5. The summed E-state index contributed by atoms with van der Waals surface area (Å²) < 4.78 is 29.2. The monoisotopic (exact) mass is 642 g/mol. The Hall–Kier alpha value is -3.41. The molecule has 3 aromatic carbocycles. The summed E-state index contributed by atoms with van der Waals surface area (Å²) in [6, 6.07) is 25.0. The Bertz CT molecular complexity index is 1860. The molecule has 2 aromatic heterocycles. The quantitative estimate of drug-likeness (QED) is 0.200. The van der Waals surface area contributed by atoms with Gasteiger partial charge in [0.15, 0.2) is 0 Å². The van der Waals surface area contributed by atoms with E-state index in [1.807, 2.05) is 24.3 Å². The maximum absolute atomic E-state index is 13.6. The minimum absolute atomic E-state index is 0.233. The molecule has 226 valence electrons. The van der Waals surface area contributed by atoms with Gasteiger partial charge in [0.05, 0.1) is 15.1 Å². The maximum Gasteiger partial charge on any atom is 0.256 e. The average molecular weight is 643 g/mol. The minimum atomic E-state index is -3.58. The molecule has 2 aliphatic rings. The van der Waals surface area contributed by atoms with Gasteiger partial charge in [0.2, 0.25) is 10.0 Å². The van der Waals surface area contributed by atoms with Crippen LogP contribution in [0.5, 0.6) is 0 Å². The lowest BCUT2D eigenvalue weighted by atomic mass is 10.0. The molecule has 4 heterocycles. The van der Waals surface area contributed by atoms with Gasteiger partial charge in [-0.15, -0.1) is 22.7 Å². The molecule has 1 saturated heterocycles. The van der Waals surface area contributed by atoms with Crippen molar-refractivity contribution in [3.63, 3.8) is 0 Å². The summed E-state index contributed by atoms with van der Waals surface area (Å²) >= 11 is 3.27. The molecule has 0 atom stereocenters. The Morgan fingerprint density at radius 2 is 1.57 bits per heavy atom. The van der Waals surface area contributed by atoms with Crippen LogP contribution in [0.3, 0.4) is 0 Å². The zero-order chi connectivity index (χ0) is 30.1. The van der Waals surface area contributed by atoms with Crippen molar-refractivity contribution >= 4 is 53.8 Å². The molecule has 0 spiro atoms. The van der Waals surface area contributed by atoms with Crippen LogP contribution in [0.4, 0.5) is 5.00 Å². The van der Waals surface area contributed by atoms with Crippen LogP contribution in [0, 0.1) is 0 Å². The van der Waals surface area contributed by atoms with Gasteiger partial charge in [0, 0.05) is 48.7 Å². The van der Waals surface area contributed by atoms with Crippen molar-refractivity contribution in [2.45, 2.75) is 50.1 Å². The molecule has 7 nitrogen and oxygen atoms in total. The number of rotatable bonds is 7. The topological polar surface area (TPSA) is 82.6 Å². The predicted molar refractivity (Wildman–Crippen MR) is 179 cm³/mol. The first kappa shape index (κ1) is 29.3. The van der Waals surface area contributed by atoms with Gasteiger partial charge in [-0.3, -0.25) is 9.69 Å². The summed E-state index contributed by atoms with van der Waals surface area (Å²) in [4.78, 5) is 22.5. The number of hydrogen-bond donors (Lipinski definition) is 1. The maximum atomic E-state index is 13.6. The standard InChI is InChI=1S/C34H34N4O3S3/c39-32(25-14-16-26(17-15-25)44(40,41)38-19-8-1-2-9-20-38)36-34-31(33-35-28-12-6-7-13-29(28)42-33)27-18-21-37(23-30(27)43-34)22-24-10-4-3-5-11-24/h3-7,10-17H,1-2,8-9,18-23H2,(H,36,39). The molecule has 7 rings (SSSR count). The molecule has 0 bridgehead atoms. The molecule has 0 saturated carbocycles. The van der Waals surface area contributed by atoms with E-state index >= 15 is 0 Å². The minimum Gasteiger partial charge on any atom is -0.313 e. The van der Waals surface area contributed by atoms with Gasteiger partial charge in [0.25, 0.3) is 5.91 Å². The van der Waals surface area contributed by atoms with E-state index in [1.165, 1.54) is 16.0 Å². The highest BCUT2D eigenvalue weighted by molar-refractivity contribution is 7.89. The summed E-state index contributed by atoms with van der Waals surface area (Å²) in [6.07, 6.45) is 4.75. The highest BCUT2D eigenvalue weighted by Gasteiger charge is 2.29. The molecule has 0 aliphatic carbocycles. The van der Waals surface area contributed by atoms with Gasteiger partial charge in [-0.25, -0.2) is 13.4 Å². The third kappa shape index (κ3) is 5.97. The SMILES string of the molecule is O=C(Nc1sc2c(c1-c1nc3ccccc3s1)CCN(Cc1ccccc1)C2)c1ccc(S(=O)(=O)N2CCCCCC2)cc1. The summed E-state index contributed by atoms with van der Waals surface area (Å²) in [5.41, 5.74) is 4.93. The van der Waals surface area contributed by atoms with Crippen LogP contribution in [-0.2, 0) is 29.5 Å². The molecule has 10 heteroatoms. The Morgan fingerprint density at radius 3 is 2.32 bits per heavy atom. The van der Waals surface area contributed by atoms with E-state index in [1.54, 1.807) is 51.2 Å². The third-order valence-electron chi connectivity index (χ3n) is 8.44. The van der Waals surface area contributed by atoms with Crippen LogP contribution in [0.2, 0.25) is 0 Å². The van der Waals surface area contributed by atoms with Gasteiger partial charge in [-0.1, -0.05) is 55.3 Å². The zero-order valence-electron chi connectivity index (χ0n) is 24.4. The van der Waals surface area contributed by atoms with Crippen LogP contribution in [-0.4, -0.2) is 48.1 Å². The van der Waals surface area contributed by atoms with E-state index < -0.39 is 10.0 Å². The summed E-state index contributed by atoms with van der Waals surface area (Å²) in [7, 11) is -3.58. The second-order valence-electron chi connectivity index (χ2n) is 11.4. The molecule has 2 aliphatic heterocycles. The molecule has 1 amide bonds. The first-order valence-electron chi connectivity index (χ1n) is 15.1. The van der Waals surface area contributed by atoms with Gasteiger partial charge >= 0.3 is 0 Å². The summed E-state index contributed by atoms with van der Waals surface area (Å²) in [5.74, 6) is -0.258. The fourth-order valence-corrected chi connectivity index (χ4v) is 10.0. The van der Waals surface area contributed by atoms with E-state index in [9.17, 15) is 13.2 Å². The number of fused-ring (bicyclic) bond motifs is 2. The largest absolute Gasteiger partial charge is 0.313 e. The first-order valence-corrected chi connectivity index (χ1v) is 18.2. The number of amides is 1. The molecular weight excluding hydrogens is 609 g/mol. The Labute approximate surface area is 266 Å². The van der Waals surface area contributed by atoms with Crippen molar-refractivity contribution in [2.24, 2.45) is 0 Å².